The molecule has 0 radical (unpaired) electrons. The monoisotopic (exact) mass is 340 g/mol. The molecule has 0 aliphatic carbocycles. The van der Waals surface area contributed by atoms with Crippen LogP contribution in [-0.2, 0) is 9.53 Å². The van der Waals surface area contributed by atoms with Crippen LogP contribution >= 0.6 is 0 Å². The van der Waals surface area contributed by atoms with E-state index in [9.17, 15) is 14.7 Å². The molecule has 2 atom stereocenters. The first-order valence-corrected chi connectivity index (χ1v) is 8.10. The molecule has 0 bridgehead atoms. The number of ether oxygens (including phenoxy) is 1. The highest BCUT2D eigenvalue weighted by atomic mass is 16.5. The number of carboxylic acids is 1. The van der Waals surface area contributed by atoms with Crippen molar-refractivity contribution in [3.63, 3.8) is 0 Å². The average Bonchev–Trinajstić information content (AvgIpc) is 3.07. The van der Waals surface area contributed by atoms with Crippen LogP contribution in [0.1, 0.15) is 22.3 Å². The number of benzene rings is 1. The van der Waals surface area contributed by atoms with Gasteiger partial charge in [0.15, 0.2) is 0 Å². The van der Waals surface area contributed by atoms with E-state index in [1.54, 1.807) is 18.3 Å². The van der Waals surface area contributed by atoms with Crippen LogP contribution in [0.15, 0.2) is 42.6 Å². The summed E-state index contributed by atoms with van der Waals surface area (Å²) in [5.41, 5.74) is 2.92. The van der Waals surface area contributed by atoms with Crippen LogP contribution in [0.4, 0.5) is 0 Å². The van der Waals surface area contributed by atoms with Gasteiger partial charge in [-0.05, 0) is 30.7 Å². The third-order valence-corrected chi connectivity index (χ3v) is 4.65. The molecule has 1 aliphatic rings. The number of rotatable bonds is 4. The summed E-state index contributed by atoms with van der Waals surface area (Å²) in [5, 5.41) is 9.44. The zero-order chi connectivity index (χ0) is 18.0. The molecule has 2 unspecified atom stereocenters. The Balaban J connectivity index is 1.96. The number of carbonyl (C=O) groups excluding carboxylic acids is 1. The molecule has 2 aromatic rings. The van der Waals surface area contributed by atoms with E-state index in [1.807, 2.05) is 31.2 Å². The highest BCUT2D eigenvalue weighted by molar-refractivity contribution is 5.99. The molecule has 1 amide bonds. The second kappa shape index (κ2) is 7.03. The van der Waals surface area contributed by atoms with Crippen LogP contribution in [0.2, 0.25) is 0 Å². The van der Waals surface area contributed by atoms with Gasteiger partial charge in [-0.25, -0.2) is 4.79 Å². The number of aliphatic carboxylic acids is 1. The van der Waals surface area contributed by atoms with E-state index < -0.39 is 12.0 Å². The lowest BCUT2D eigenvalue weighted by Gasteiger charge is -2.22. The van der Waals surface area contributed by atoms with Crippen molar-refractivity contribution >= 4 is 11.9 Å². The molecule has 1 aromatic carbocycles. The summed E-state index contributed by atoms with van der Waals surface area (Å²) < 4.78 is 5.26. The van der Waals surface area contributed by atoms with Crippen molar-refractivity contribution in [2.24, 2.45) is 0 Å². The van der Waals surface area contributed by atoms with Crippen LogP contribution in [-0.4, -0.2) is 52.7 Å². The van der Waals surface area contributed by atoms with Crippen molar-refractivity contribution in [3.05, 3.63) is 53.7 Å². The highest BCUT2D eigenvalue weighted by Gasteiger charge is 2.40. The number of carboxylic acid groups (broad SMARTS) is 1. The molecular formula is C19H20N2O4. The topological polar surface area (TPSA) is 79.7 Å². The molecule has 1 N–H and O–H groups in total. The largest absolute Gasteiger partial charge is 0.480 e. The number of nitrogens with zero attached hydrogens (tertiary/aromatic N) is 2. The van der Waals surface area contributed by atoms with Crippen LogP contribution in [0, 0.1) is 6.92 Å². The molecule has 6 nitrogen and oxygen atoms in total. The Kier molecular flexibility index (Phi) is 4.81. The van der Waals surface area contributed by atoms with Crippen LogP contribution < -0.4 is 0 Å². The highest BCUT2D eigenvalue weighted by Crippen LogP contribution is 2.28. The second-order valence-corrected chi connectivity index (χ2v) is 6.10. The first-order chi connectivity index (χ1) is 12.0. The van der Waals surface area contributed by atoms with E-state index in [1.165, 1.54) is 12.0 Å². The number of aromatic nitrogens is 1. The van der Waals surface area contributed by atoms with E-state index in [0.717, 1.165) is 16.8 Å². The lowest BCUT2D eigenvalue weighted by atomic mass is 9.98. The van der Waals surface area contributed by atoms with Crippen LogP contribution in [0.5, 0.6) is 0 Å². The molecule has 1 aliphatic heterocycles. The first kappa shape index (κ1) is 17.1. The first-order valence-electron chi connectivity index (χ1n) is 8.10. The van der Waals surface area contributed by atoms with Crippen molar-refractivity contribution in [2.75, 3.05) is 13.7 Å². The predicted octanol–water partition coefficient (Wildman–Crippen LogP) is 2.37. The van der Waals surface area contributed by atoms with Crippen molar-refractivity contribution in [1.29, 1.82) is 0 Å². The van der Waals surface area contributed by atoms with Gasteiger partial charge in [0.05, 0.1) is 11.8 Å². The maximum absolute atomic E-state index is 13.0. The summed E-state index contributed by atoms with van der Waals surface area (Å²) in [4.78, 5) is 30.3. The summed E-state index contributed by atoms with van der Waals surface area (Å²) in [6.07, 6.45) is 1.74. The lowest BCUT2D eigenvalue weighted by molar-refractivity contribution is -0.141. The quantitative estimate of drug-likeness (QED) is 0.924. The summed E-state index contributed by atoms with van der Waals surface area (Å²) >= 11 is 0. The number of pyridine rings is 1. The fraction of sp³-hybridized carbons (Fsp3) is 0.316. The lowest BCUT2D eigenvalue weighted by Crippen LogP contribution is -2.40. The van der Waals surface area contributed by atoms with Gasteiger partial charge in [0.25, 0.3) is 5.91 Å². The fourth-order valence-electron chi connectivity index (χ4n) is 3.25. The van der Waals surface area contributed by atoms with Gasteiger partial charge < -0.3 is 14.7 Å². The molecule has 0 saturated carbocycles. The standard InChI is InChI=1S/C19H20N2O4/c1-12-14(16-8-3-4-9-20-16)6-5-7-15(12)18(22)21-11-13(25-2)10-17(21)19(23)24/h3-9,13,17H,10-11H2,1-2H3,(H,23,24). The van der Waals surface area contributed by atoms with Crippen molar-refractivity contribution in [3.8, 4) is 11.3 Å². The number of amides is 1. The third-order valence-electron chi connectivity index (χ3n) is 4.65. The van der Waals surface area contributed by atoms with Gasteiger partial charge in [0, 0.05) is 37.4 Å². The normalized spacial score (nSPS) is 19.8. The smallest absolute Gasteiger partial charge is 0.326 e. The Hall–Kier alpha value is -2.73. The zero-order valence-electron chi connectivity index (χ0n) is 14.2. The molecule has 6 heteroatoms. The Morgan fingerprint density at radius 3 is 2.68 bits per heavy atom. The third kappa shape index (κ3) is 3.25. The summed E-state index contributed by atoms with van der Waals surface area (Å²) in [7, 11) is 1.53. The van der Waals surface area contributed by atoms with Gasteiger partial charge in [0.1, 0.15) is 6.04 Å². The number of carbonyl (C=O) groups is 2. The summed E-state index contributed by atoms with van der Waals surface area (Å²) in [5.74, 6) is -1.30. The van der Waals surface area contributed by atoms with E-state index in [4.69, 9.17) is 4.74 Å². The Bertz CT molecular complexity index is 791. The van der Waals surface area contributed by atoms with E-state index in [-0.39, 0.29) is 18.6 Å². The van der Waals surface area contributed by atoms with Gasteiger partial charge in [0.2, 0.25) is 0 Å². The van der Waals surface area contributed by atoms with Crippen molar-refractivity contribution in [2.45, 2.75) is 25.5 Å². The molecule has 1 aromatic heterocycles. The maximum Gasteiger partial charge on any atom is 0.326 e. The van der Waals surface area contributed by atoms with Gasteiger partial charge in [-0.15, -0.1) is 0 Å². The van der Waals surface area contributed by atoms with E-state index >= 15 is 0 Å². The van der Waals surface area contributed by atoms with Gasteiger partial charge >= 0.3 is 5.97 Å². The van der Waals surface area contributed by atoms with Gasteiger partial charge in [-0.2, -0.15) is 0 Å². The average molecular weight is 340 g/mol. The minimum absolute atomic E-state index is 0.260. The summed E-state index contributed by atoms with van der Waals surface area (Å²) in [6.45, 7) is 2.14. The Morgan fingerprint density at radius 1 is 1.24 bits per heavy atom. The van der Waals surface area contributed by atoms with E-state index in [0.29, 0.717) is 12.0 Å². The molecule has 2 heterocycles. The molecule has 1 saturated heterocycles. The molecule has 1 fully saturated rings. The van der Waals surface area contributed by atoms with Gasteiger partial charge in [-0.1, -0.05) is 18.2 Å². The second-order valence-electron chi connectivity index (χ2n) is 6.10. The van der Waals surface area contributed by atoms with Crippen LogP contribution in [0.3, 0.4) is 0 Å². The molecule has 130 valence electrons. The van der Waals surface area contributed by atoms with Crippen LogP contribution in [0.25, 0.3) is 11.3 Å². The fourth-order valence-corrected chi connectivity index (χ4v) is 3.25. The molecule has 25 heavy (non-hydrogen) atoms. The zero-order valence-corrected chi connectivity index (χ0v) is 14.2. The van der Waals surface area contributed by atoms with Crippen molar-refractivity contribution in [1.82, 2.24) is 9.88 Å². The number of hydrogen-bond acceptors (Lipinski definition) is 4. The molecule has 3 rings (SSSR count). The molecular weight excluding hydrogens is 320 g/mol. The Labute approximate surface area is 146 Å². The summed E-state index contributed by atoms with van der Waals surface area (Å²) in [6, 6.07) is 10.2. The van der Waals surface area contributed by atoms with E-state index in [2.05, 4.69) is 4.98 Å². The van der Waals surface area contributed by atoms with Crippen molar-refractivity contribution < 1.29 is 19.4 Å². The van der Waals surface area contributed by atoms with Gasteiger partial charge in [-0.3, -0.25) is 9.78 Å². The Morgan fingerprint density at radius 2 is 2.04 bits per heavy atom. The molecule has 0 spiro atoms. The minimum Gasteiger partial charge on any atom is -0.480 e. The number of likely N-dealkylation sites (tertiary alicyclic amines) is 1. The SMILES string of the molecule is COC1CC(C(=O)O)N(C(=O)c2cccc(-c3ccccn3)c2C)C1. The predicted molar refractivity (Wildman–Crippen MR) is 92.3 cm³/mol. The number of methoxy groups -OCH3 is 1. The maximum atomic E-state index is 13.0. The number of hydrogen-bond donors (Lipinski definition) is 1. The minimum atomic E-state index is -1.01.